The number of carbonyl (C=O) groups is 1. The maximum Gasteiger partial charge on any atom is 0.244 e. The summed E-state index contributed by atoms with van der Waals surface area (Å²) in [6, 6.07) is -0.667. The van der Waals surface area contributed by atoms with Crippen molar-refractivity contribution in [1.29, 1.82) is 0 Å². The predicted molar refractivity (Wildman–Crippen MR) is 61.6 cm³/mol. The maximum absolute atomic E-state index is 11.5. The van der Waals surface area contributed by atoms with Gasteiger partial charge in [-0.15, -0.1) is 23.7 Å². The minimum Gasteiger partial charge on any atom is -0.319 e. The highest BCUT2D eigenvalue weighted by Crippen LogP contribution is 2.21. The van der Waals surface area contributed by atoms with Crippen molar-refractivity contribution in [2.24, 2.45) is 5.73 Å². The average molecular weight is 223 g/mol. The second-order valence-electron chi connectivity index (χ2n) is 3.16. The van der Waals surface area contributed by atoms with Gasteiger partial charge in [-0.3, -0.25) is 4.79 Å². The SMILES string of the molecule is C#CCC(N)C(=O)Nc1nc(C)c(C)s1. The van der Waals surface area contributed by atoms with E-state index in [0.29, 0.717) is 5.13 Å². The zero-order chi connectivity index (χ0) is 11.4. The van der Waals surface area contributed by atoms with Gasteiger partial charge in [-0.2, -0.15) is 0 Å². The van der Waals surface area contributed by atoms with E-state index < -0.39 is 6.04 Å². The molecule has 0 aliphatic heterocycles. The van der Waals surface area contributed by atoms with Crippen LogP contribution in [0.3, 0.4) is 0 Å². The molecule has 0 aromatic carbocycles. The van der Waals surface area contributed by atoms with Crippen LogP contribution in [-0.2, 0) is 4.79 Å². The number of thiazole rings is 1. The zero-order valence-electron chi connectivity index (χ0n) is 8.70. The van der Waals surface area contributed by atoms with Gasteiger partial charge < -0.3 is 11.1 Å². The smallest absolute Gasteiger partial charge is 0.244 e. The van der Waals surface area contributed by atoms with Gasteiger partial charge in [0.05, 0.1) is 11.7 Å². The van der Waals surface area contributed by atoms with Gasteiger partial charge in [0.1, 0.15) is 0 Å². The number of aryl methyl sites for hydroxylation is 2. The molecule has 0 bridgehead atoms. The molecule has 0 saturated heterocycles. The second-order valence-corrected chi connectivity index (χ2v) is 4.37. The van der Waals surface area contributed by atoms with E-state index in [1.54, 1.807) is 0 Å². The molecule has 1 atom stereocenters. The third-order valence-electron chi connectivity index (χ3n) is 1.93. The number of nitrogens with two attached hydrogens (primary N) is 1. The molecule has 0 radical (unpaired) electrons. The van der Waals surface area contributed by atoms with E-state index in [2.05, 4.69) is 16.2 Å². The first kappa shape index (κ1) is 11.7. The predicted octanol–water partition coefficient (Wildman–Crippen LogP) is 1.05. The van der Waals surface area contributed by atoms with E-state index in [4.69, 9.17) is 12.2 Å². The van der Waals surface area contributed by atoms with Gasteiger partial charge in [-0.25, -0.2) is 4.98 Å². The number of nitrogens with one attached hydrogen (secondary N) is 1. The number of hydrogen-bond acceptors (Lipinski definition) is 4. The third-order valence-corrected chi connectivity index (χ3v) is 2.92. The summed E-state index contributed by atoms with van der Waals surface area (Å²) in [5.41, 5.74) is 6.46. The number of anilines is 1. The van der Waals surface area contributed by atoms with Gasteiger partial charge >= 0.3 is 0 Å². The first-order chi connectivity index (χ1) is 7.04. The van der Waals surface area contributed by atoms with Crippen molar-refractivity contribution in [3.8, 4) is 12.3 Å². The van der Waals surface area contributed by atoms with Crippen molar-refractivity contribution in [3.05, 3.63) is 10.6 Å². The summed E-state index contributed by atoms with van der Waals surface area (Å²) < 4.78 is 0. The molecule has 15 heavy (non-hydrogen) atoms. The molecular formula is C10H13N3OS. The van der Waals surface area contributed by atoms with Crippen LogP contribution in [0.4, 0.5) is 5.13 Å². The van der Waals surface area contributed by atoms with Gasteiger partial charge in [0, 0.05) is 11.3 Å². The fraction of sp³-hybridized carbons (Fsp3) is 0.400. The second kappa shape index (κ2) is 4.91. The van der Waals surface area contributed by atoms with Crippen molar-refractivity contribution in [2.45, 2.75) is 26.3 Å². The van der Waals surface area contributed by atoms with Gasteiger partial charge in [0.2, 0.25) is 5.91 Å². The molecule has 1 rings (SSSR count). The van der Waals surface area contributed by atoms with Crippen LogP contribution in [0.25, 0.3) is 0 Å². The summed E-state index contributed by atoms with van der Waals surface area (Å²) in [4.78, 5) is 16.7. The monoisotopic (exact) mass is 223 g/mol. The highest BCUT2D eigenvalue weighted by molar-refractivity contribution is 7.15. The summed E-state index contributed by atoms with van der Waals surface area (Å²) in [5.74, 6) is 2.06. The van der Waals surface area contributed by atoms with Gasteiger partial charge in [-0.1, -0.05) is 0 Å². The fourth-order valence-electron chi connectivity index (χ4n) is 0.944. The Kier molecular flexibility index (Phi) is 3.83. The Hall–Kier alpha value is -1.38. The van der Waals surface area contributed by atoms with Crippen LogP contribution in [-0.4, -0.2) is 16.9 Å². The molecule has 5 heteroatoms. The van der Waals surface area contributed by atoms with Crippen LogP contribution in [0.15, 0.2) is 0 Å². The summed E-state index contributed by atoms with van der Waals surface area (Å²) in [5, 5.41) is 3.21. The molecule has 0 spiro atoms. The lowest BCUT2D eigenvalue weighted by Gasteiger charge is -2.06. The molecule has 4 nitrogen and oxygen atoms in total. The first-order valence-electron chi connectivity index (χ1n) is 4.48. The zero-order valence-corrected chi connectivity index (χ0v) is 9.52. The lowest BCUT2D eigenvalue weighted by molar-refractivity contribution is -0.117. The van der Waals surface area contributed by atoms with Crippen molar-refractivity contribution in [2.75, 3.05) is 5.32 Å². The lowest BCUT2D eigenvalue weighted by Crippen LogP contribution is -2.35. The molecule has 80 valence electrons. The highest BCUT2D eigenvalue weighted by atomic mass is 32.1. The molecule has 1 amide bonds. The lowest BCUT2D eigenvalue weighted by atomic mass is 10.2. The van der Waals surface area contributed by atoms with E-state index in [0.717, 1.165) is 10.6 Å². The normalized spacial score (nSPS) is 11.9. The van der Waals surface area contributed by atoms with E-state index in [-0.39, 0.29) is 12.3 Å². The maximum atomic E-state index is 11.5. The standard InChI is InChI=1S/C10H13N3OS/c1-4-5-8(11)9(14)13-10-12-6(2)7(3)15-10/h1,8H,5,11H2,2-3H3,(H,12,13,14). The molecule has 0 saturated carbocycles. The topological polar surface area (TPSA) is 68.0 Å². The van der Waals surface area contributed by atoms with Crippen LogP contribution >= 0.6 is 11.3 Å². The number of carbonyl (C=O) groups excluding carboxylic acids is 1. The van der Waals surface area contributed by atoms with Gasteiger partial charge in [-0.05, 0) is 13.8 Å². The van der Waals surface area contributed by atoms with Crippen molar-refractivity contribution in [3.63, 3.8) is 0 Å². The Morgan fingerprint density at radius 2 is 2.40 bits per heavy atom. The Bertz CT molecular complexity index is 386. The van der Waals surface area contributed by atoms with Crippen LogP contribution < -0.4 is 11.1 Å². The van der Waals surface area contributed by atoms with Crippen molar-refractivity contribution in [1.82, 2.24) is 4.98 Å². The average Bonchev–Trinajstić information content (AvgIpc) is 2.46. The summed E-state index contributed by atoms with van der Waals surface area (Å²) in [7, 11) is 0. The molecule has 0 aliphatic carbocycles. The van der Waals surface area contributed by atoms with Gasteiger partial charge in [0.15, 0.2) is 5.13 Å². The minimum atomic E-state index is -0.667. The molecule has 3 N–H and O–H groups in total. The Morgan fingerprint density at radius 3 is 2.87 bits per heavy atom. The van der Waals surface area contributed by atoms with Crippen LogP contribution in [0.5, 0.6) is 0 Å². The largest absolute Gasteiger partial charge is 0.319 e. The van der Waals surface area contributed by atoms with E-state index in [9.17, 15) is 4.79 Å². The minimum absolute atomic E-state index is 0.231. The Balaban J connectivity index is 2.63. The number of rotatable bonds is 3. The molecule has 1 aromatic rings. The summed E-state index contributed by atoms with van der Waals surface area (Å²) in [6.07, 6.45) is 5.30. The Labute approximate surface area is 92.9 Å². The van der Waals surface area contributed by atoms with Crippen LogP contribution in [0, 0.1) is 26.2 Å². The number of nitrogens with zero attached hydrogens (tertiary/aromatic N) is 1. The van der Waals surface area contributed by atoms with Gasteiger partial charge in [0.25, 0.3) is 0 Å². The third kappa shape index (κ3) is 3.05. The molecule has 0 aliphatic rings. The number of aromatic nitrogens is 1. The summed E-state index contributed by atoms with van der Waals surface area (Å²) in [6.45, 7) is 3.84. The van der Waals surface area contributed by atoms with Crippen LogP contribution in [0.2, 0.25) is 0 Å². The van der Waals surface area contributed by atoms with Crippen molar-refractivity contribution < 1.29 is 4.79 Å². The summed E-state index contributed by atoms with van der Waals surface area (Å²) >= 11 is 1.43. The van der Waals surface area contributed by atoms with Crippen molar-refractivity contribution >= 4 is 22.4 Å². The molecule has 1 aromatic heterocycles. The van der Waals surface area contributed by atoms with E-state index in [1.165, 1.54) is 11.3 Å². The van der Waals surface area contributed by atoms with E-state index in [1.807, 2.05) is 13.8 Å². The molecular weight excluding hydrogens is 210 g/mol. The quantitative estimate of drug-likeness (QED) is 0.753. The Morgan fingerprint density at radius 1 is 1.73 bits per heavy atom. The highest BCUT2D eigenvalue weighted by Gasteiger charge is 2.14. The molecule has 1 unspecified atom stereocenters. The molecule has 0 fully saturated rings. The number of terminal acetylenes is 1. The fourth-order valence-corrected chi connectivity index (χ4v) is 1.76. The van der Waals surface area contributed by atoms with E-state index >= 15 is 0 Å². The molecule has 1 heterocycles. The first-order valence-corrected chi connectivity index (χ1v) is 5.30. The number of amides is 1. The number of hydrogen-bond donors (Lipinski definition) is 2. The van der Waals surface area contributed by atoms with Crippen LogP contribution in [0.1, 0.15) is 17.0 Å².